The maximum Gasteiger partial charge on any atom is 0.349 e. The van der Waals surface area contributed by atoms with Gasteiger partial charge in [-0.25, -0.2) is 14.4 Å². The van der Waals surface area contributed by atoms with Crippen molar-refractivity contribution in [2.75, 3.05) is 26.3 Å². The number of hydrogen-bond donors (Lipinski definition) is 3. The van der Waals surface area contributed by atoms with Gasteiger partial charge in [0, 0.05) is 19.6 Å². The van der Waals surface area contributed by atoms with E-state index in [-0.39, 0.29) is 27.6 Å². The highest BCUT2D eigenvalue weighted by atomic mass is 35.5. The number of ether oxygens (including phenoxy) is 2. The highest BCUT2D eigenvalue weighted by Gasteiger charge is 2.26. The van der Waals surface area contributed by atoms with Crippen molar-refractivity contribution in [2.45, 2.75) is 19.4 Å². The number of carbonyl (C=O) groups excluding carboxylic acids is 1. The molecule has 1 aromatic heterocycles. The number of likely N-dealkylation sites (tertiary alicyclic amines) is 1. The fourth-order valence-electron chi connectivity index (χ4n) is 4.11. The van der Waals surface area contributed by atoms with Gasteiger partial charge in [-0.05, 0) is 42.0 Å². The van der Waals surface area contributed by atoms with E-state index in [9.17, 15) is 19.5 Å². The van der Waals surface area contributed by atoms with Crippen LogP contribution in [0.15, 0.2) is 54.6 Å². The molecule has 0 aliphatic carbocycles. The number of piperidine rings is 1. The number of aliphatic carboxylic acids is 1. The fourth-order valence-corrected chi connectivity index (χ4v) is 5.52. The van der Waals surface area contributed by atoms with Crippen LogP contribution in [-0.4, -0.2) is 59.4 Å². The number of amides is 2. The van der Waals surface area contributed by atoms with E-state index in [0.717, 1.165) is 29.7 Å². The second kappa shape index (κ2) is 12.7. The molecule has 4 rings (SSSR count). The molecular formula is C27H27ClN2O7S. The predicted molar refractivity (Wildman–Crippen MR) is 143 cm³/mol. The van der Waals surface area contributed by atoms with Crippen molar-refractivity contribution >= 4 is 40.9 Å². The highest BCUT2D eigenvalue weighted by Crippen LogP contribution is 2.46. The Balaban J connectivity index is 1.32. The molecule has 0 unspecified atom stereocenters. The number of benzene rings is 2. The minimum Gasteiger partial charge on any atom is -0.493 e. The standard InChI is InChI=1S/C27H27ClN2O7S/c28-22-23(37-16-21(31)32)25(26(33)34)38-24(22)19-7-4-8-20(13-19)36-15-18-9-11-30(12-10-18)27(35)29-14-17-5-2-1-3-6-17/h1-8,13,18H,9-12,14-16H2,(H,29,35)(H,31,32)(H,33,34). The second-order valence-corrected chi connectivity index (χ2v) is 10.2. The van der Waals surface area contributed by atoms with E-state index in [2.05, 4.69) is 5.32 Å². The van der Waals surface area contributed by atoms with Crippen LogP contribution >= 0.6 is 22.9 Å². The molecule has 1 saturated heterocycles. The van der Waals surface area contributed by atoms with Gasteiger partial charge in [-0.2, -0.15) is 0 Å². The summed E-state index contributed by atoms with van der Waals surface area (Å²) in [5.74, 6) is -1.76. The van der Waals surface area contributed by atoms with Crippen molar-refractivity contribution in [3.63, 3.8) is 0 Å². The molecular weight excluding hydrogens is 532 g/mol. The number of nitrogens with one attached hydrogen (secondary N) is 1. The Morgan fingerprint density at radius 3 is 2.45 bits per heavy atom. The van der Waals surface area contributed by atoms with Crippen molar-refractivity contribution in [3.8, 4) is 21.9 Å². The monoisotopic (exact) mass is 558 g/mol. The number of aromatic carboxylic acids is 1. The normalized spacial score (nSPS) is 13.7. The van der Waals surface area contributed by atoms with Crippen LogP contribution in [0.4, 0.5) is 4.79 Å². The number of halogens is 1. The Hall–Kier alpha value is -3.76. The molecule has 1 aliphatic rings. The first-order valence-electron chi connectivity index (χ1n) is 12.0. The maximum atomic E-state index is 12.5. The van der Waals surface area contributed by atoms with E-state index < -0.39 is 18.5 Å². The van der Waals surface area contributed by atoms with Crippen molar-refractivity contribution in [2.24, 2.45) is 5.92 Å². The van der Waals surface area contributed by atoms with Gasteiger partial charge >= 0.3 is 18.0 Å². The Kier molecular flexibility index (Phi) is 9.09. The third-order valence-electron chi connectivity index (χ3n) is 6.11. The van der Waals surface area contributed by atoms with Crippen LogP contribution in [0.1, 0.15) is 28.1 Å². The first-order valence-corrected chi connectivity index (χ1v) is 13.2. The third kappa shape index (κ3) is 6.96. The average molecular weight is 559 g/mol. The third-order valence-corrected chi connectivity index (χ3v) is 7.79. The molecule has 0 bridgehead atoms. The molecule has 9 nitrogen and oxygen atoms in total. The van der Waals surface area contributed by atoms with Crippen LogP contribution in [0, 0.1) is 5.92 Å². The summed E-state index contributed by atoms with van der Waals surface area (Å²) in [5, 5.41) is 21.4. The lowest BCUT2D eigenvalue weighted by atomic mass is 9.98. The minimum absolute atomic E-state index is 0.0451. The molecule has 0 spiro atoms. The number of carbonyl (C=O) groups is 3. The van der Waals surface area contributed by atoms with Crippen molar-refractivity contribution in [1.29, 1.82) is 0 Å². The topological polar surface area (TPSA) is 125 Å². The van der Waals surface area contributed by atoms with Gasteiger partial charge in [0.05, 0.1) is 11.5 Å². The number of rotatable bonds is 10. The number of hydrogen-bond acceptors (Lipinski definition) is 6. The molecule has 0 saturated carbocycles. The van der Waals surface area contributed by atoms with Gasteiger partial charge in [0.25, 0.3) is 0 Å². The quantitative estimate of drug-likeness (QED) is 0.311. The van der Waals surface area contributed by atoms with Gasteiger partial charge in [0.1, 0.15) is 10.8 Å². The molecule has 1 aliphatic heterocycles. The lowest BCUT2D eigenvalue weighted by Crippen LogP contribution is -2.44. The van der Waals surface area contributed by atoms with Gasteiger partial charge in [-0.15, -0.1) is 11.3 Å². The van der Waals surface area contributed by atoms with Gasteiger partial charge in [0.2, 0.25) is 0 Å². The number of carboxylic acids is 2. The molecule has 2 amide bonds. The summed E-state index contributed by atoms with van der Waals surface area (Å²) in [6, 6.07) is 16.8. The van der Waals surface area contributed by atoms with Crippen LogP contribution in [0.3, 0.4) is 0 Å². The SMILES string of the molecule is O=C(O)COc1c(C(=O)O)sc(-c2cccc(OCC3CCN(C(=O)NCc4ccccc4)CC3)c2)c1Cl. The molecule has 38 heavy (non-hydrogen) atoms. The Bertz CT molecular complexity index is 1290. The van der Waals surface area contributed by atoms with E-state index >= 15 is 0 Å². The Morgan fingerprint density at radius 1 is 1.03 bits per heavy atom. The lowest BCUT2D eigenvalue weighted by molar-refractivity contribution is -0.139. The number of nitrogens with zero attached hydrogens (tertiary/aromatic N) is 1. The summed E-state index contributed by atoms with van der Waals surface area (Å²) >= 11 is 7.30. The first-order chi connectivity index (χ1) is 18.3. The first kappa shape index (κ1) is 27.3. The van der Waals surface area contributed by atoms with Crippen LogP contribution in [0.25, 0.3) is 10.4 Å². The smallest absolute Gasteiger partial charge is 0.349 e. The summed E-state index contributed by atoms with van der Waals surface area (Å²) in [6.45, 7) is 1.57. The van der Waals surface area contributed by atoms with E-state index in [0.29, 0.717) is 42.4 Å². The van der Waals surface area contributed by atoms with Crippen molar-refractivity contribution < 1.29 is 34.1 Å². The largest absolute Gasteiger partial charge is 0.493 e. The predicted octanol–water partition coefficient (Wildman–Crippen LogP) is 5.23. The zero-order valence-corrected chi connectivity index (χ0v) is 22.0. The maximum absolute atomic E-state index is 12.5. The summed E-state index contributed by atoms with van der Waals surface area (Å²) in [4.78, 5) is 37.1. The van der Waals surface area contributed by atoms with Crippen molar-refractivity contribution in [3.05, 3.63) is 70.1 Å². The molecule has 11 heteroatoms. The van der Waals surface area contributed by atoms with Crippen molar-refractivity contribution in [1.82, 2.24) is 10.2 Å². The van der Waals surface area contributed by atoms with Crippen LogP contribution < -0.4 is 14.8 Å². The molecule has 0 radical (unpaired) electrons. The van der Waals surface area contributed by atoms with Gasteiger partial charge in [-0.1, -0.05) is 54.1 Å². The summed E-state index contributed by atoms with van der Waals surface area (Å²) in [7, 11) is 0. The lowest BCUT2D eigenvalue weighted by Gasteiger charge is -2.32. The fraction of sp³-hybridized carbons (Fsp3) is 0.296. The summed E-state index contributed by atoms with van der Waals surface area (Å²) < 4.78 is 11.2. The van der Waals surface area contributed by atoms with Crippen LogP contribution in [-0.2, 0) is 11.3 Å². The van der Waals surface area contributed by atoms with E-state index in [1.165, 1.54) is 0 Å². The second-order valence-electron chi connectivity index (χ2n) is 8.80. The number of thiophene rings is 1. The van der Waals surface area contributed by atoms with E-state index in [4.69, 9.17) is 26.2 Å². The molecule has 3 N–H and O–H groups in total. The highest BCUT2D eigenvalue weighted by molar-refractivity contribution is 7.18. The van der Waals surface area contributed by atoms with Crippen LogP contribution in [0.2, 0.25) is 5.02 Å². The van der Waals surface area contributed by atoms with E-state index in [1.54, 1.807) is 24.3 Å². The molecule has 200 valence electrons. The van der Waals surface area contributed by atoms with Gasteiger partial charge in [-0.3, -0.25) is 0 Å². The Morgan fingerprint density at radius 2 is 1.76 bits per heavy atom. The number of urea groups is 1. The molecule has 3 aromatic rings. The van der Waals surface area contributed by atoms with E-state index in [1.807, 2.05) is 35.2 Å². The zero-order valence-electron chi connectivity index (χ0n) is 20.4. The zero-order chi connectivity index (χ0) is 27.1. The molecule has 2 aromatic carbocycles. The van der Waals surface area contributed by atoms with Gasteiger partial charge in [0.15, 0.2) is 17.2 Å². The van der Waals surface area contributed by atoms with Crippen LogP contribution in [0.5, 0.6) is 11.5 Å². The summed E-state index contributed by atoms with van der Waals surface area (Å²) in [6.07, 6.45) is 1.64. The minimum atomic E-state index is -1.25. The molecule has 0 atom stereocenters. The number of carboxylic acid groups (broad SMARTS) is 2. The van der Waals surface area contributed by atoms with Gasteiger partial charge < -0.3 is 29.9 Å². The average Bonchev–Trinajstić information content (AvgIpc) is 3.26. The molecule has 1 fully saturated rings. The molecule has 2 heterocycles. The summed E-state index contributed by atoms with van der Waals surface area (Å²) in [5.41, 5.74) is 1.69. The Labute approximate surface area is 228 Å².